The highest BCUT2D eigenvalue weighted by Crippen LogP contribution is 2.56. The normalized spacial score (nSPS) is 26.6. The minimum absolute atomic E-state index is 0.0511. The van der Waals surface area contributed by atoms with Gasteiger partial charge in [-0.05, 0) is 54.9 Å². The van der Waals surface area contributed by atoms with E-state index in [1.54, 1.807) is 30.3 Å². The zero-order valence-corrected chi connectivity index (χ0v) is 18.8. The first-order valence-corrected chi connectivity index (χ1v) is 11.6. The van der Waals surface area contributed by atoms with Gasteiger partial charge in [-0.25, -0.2) is 0 Å². The van der Waals surface area contributed by atoms with Crippen molar-refractivity contribution in [2.45, 2.75) is 37.9 Å². The molecular formula is C25H22ClF3N2O3. The molecule has 0 unspecified atom stereocenters. The summed E-state index contributed by atoms with van der Waals surface area (Å²) in [6.07, 6.45) is -1.92. The summed E-state index contributed by atoms with van der Waals surface area (Å²) >= 11 is 6.07. The second-order valence-corrected chi connectivity index (χ2v) is 9.73. The van der Waals surface area contributed by atoms with Crippen molar-refractivity contribution in [2.24, 2.45) is 23.7 Å². The number of hydrogen-bond donors (Lipinski definition) is 1. The Bertz CT molecular complexity index is 1130. The molecule has 5 nitrogen and oxygen atoms in total. The van der Waals surface area contributed by atoms with Crippen LogP contribution in [0, 0.1) is 23.7 Å². The predicted molar refractivity (Wildman–Crippen MR) is 119 cm³/mol. The third-order valence-corrected chi connectivity index (χ3v) is 7.73. The first kappa shape index (κ1) is 22.9. The van der Waals surface area contributed by atoms with Gasteiger partial charge in [0.15, 0.2) is 0 Å². The summed E-state index contributed by atoms with van der Waals surface area (Å²) < 4.78 is 39.6. The number of likely N-dealkylation sites (tertiary alicyclic amines) is 1. The second kappa shape index (κ2) is 8.41. The number of nitrogens with zero attached hydrogens (tertiary/aromatic N) is 1. The van der Waals surface area contributed by atoms with Gasteiger partial charge in [-0.15, -0.1) is 0 Å². The second-order valence-electron chi connectivity index (χ2n) is 9.32. The quantitative estimate of drug-likeness (QED) is 0.604. The molecule has 5 rings (SSSR count). The number of benzene rings is 2. The Hall–Kier alpha value is -2.87. The fraction of sp³-hybridized carbons (Fsp3) is 0.400. The number of anilines is 1. The van der Waals surface area contributed by atoms with Gasteiger partial charge in [0, 0.05) is 6.42 Å². The van der Waals surface area contributed by atoms with Gasteiger partial charge in [-0.2, -0.15) is 13.2 Å². The van der Waals surface area contributed by atoms with Gasteiger partial charge in [0.05, 0.1) is 28.1 Å². The number of carbonyl (C=O) groups is 3. The van der Waals surface area contributed by atoms with E-state index in [0.717, 1.165) is 47.9 Å². The maximum Gasteiger partial charge on any atom is 0.416 e. The Morgan fingerprint density at radius 2 is 1.65 bits per heavy atom. The minimum Gasteiger partial charge on any atom is -0.323 e. The van der Waals surface area contributed by atoms with Crippen LogP contribution in [0.2, 0.25) is 5.02 Å². The van der Waals surface area contributed by atoms with Gasteiger partial charge in [-0.3, -0.25) is 19.3 Å². The molecule has 2 saturated carbocycles. The SMILES string of the molecule is O=C(Nc1cc(C(F)(F)F)ccc1Cl)[C@H](Cc1ccccc1)N1C(=O)[C@@H]2[C@H]3CC[C@@H](C3)[C@H]2C1=O. The molecule has 3 fully saturated rings. The molecule has 1 N–H and O–H groups in total. The Morgan fingerprint density at radius 1 is 1.03 bits per heavy atom. The van der Waals surface area contributed by atoms with E-state index in [9.17, 15) is 27.6 Å². The van der Waals surface area contributed by atoms with E-state index in [2.05, 4.69) is 5.32 Å². The molecule has 9 heteroatoms. The van der Waals surface area contributed by atoms with Crippen molar-refractivity contribution in [1.82, 2.24) is 4.90 Å². The summed E-state index contributed by atoms with van der Waals surface area (Å²) in [6.45, 7) is 0. The molecule has 1 aliphatic heterocycles. The fourth-order valence-corrected chi connectivity index (χ4v) is 6.06. The third-order valence-electron chi connectivity index (χ3n) is 7.40. The lowest BCUT2D eigenvalue weighted by molar-refractivity contribution is -0.147. The van der Waals surface area contributed by atoms with Crippen LogP contribution in [-0.2, 0) is 27.0 Å². The number of alkyl halides is 3. The van der Waals surface area contributed by atoms with Crippen molar-refractivity contribution in [3.05, 3.63) is 64.7 Å². The monoisotopic (exact) mass is 490 g/mol. The van der Waals surface area contributed by atoms with E-state index < -0.39 is 35.5 Å². The molecule has 0 aromatic heterocycles. The molecule has 0 radical (unpaired) electrons. The molecule has 1 heterocycles. The van der Waals surface area contributed by atoms with Gasteiger partial charge in [-0.1, -0.05) is 41.9 Å². The van der Waals surface area contributed by atoms with Gasteiger partial charge in [0.2, 0.25) is 17.7 Å². The summed E-state index contributed by atoms with van der Waals surface area (Å²) in [7, 11) is 0. The molecule has 3 amide bonds. The Balaban J connectivity index is 1.47. The van der Waals surface area contributed by atoms with Gasteiger partial charge >= 0.3 is 6.18 Å². The summed E-state index contributed by atoms with van der Waals surface area (Å²) in [5.41, 5.74) is -0.469. The standard InChI is InChI=1S/C25H22ClF3N2O3/c26-17-9-8-16(25(27,28)29)12-18(17)30-22(32)19(10-13-4-2-1-3-5-13)31-23(33)20-14-6-7-15(11-14)21(20)24(31)34/h1-5,8-9,12,14-15,19-21H,6-7,10-11H2,(H,30,32)/t14-,15-,19-,20+,21+/m0/s1. The lowest BCUT2D eigenvalue weighted by Gasteiger charge is -2.27. The summed E-state index contributed by atoms with van der Waals surface area (Å²) in [5, 5.41) is 2.37. The Morgan fingerprint density at radius 3 is 2.24 bits per heavy atom. The topological polar surface area (TPSA) is 66.5 Å². The average molecular weight is 491 g/mol. The summed E-state index contributed by atoms with van der Waals surface area (Å²) in [4.78, 5) is 41.2. The number of rotatable bonds is 5. The zero-order valence-electron chi connectivity index (χ0n) is 18.0. The van der Waals surface area contributed by atoms with Crippen LogP contribution in [0.3, 0.4) is 0 Å². The van der Waals surface area contributed by atoms with E-state index in [1.807, 2.05) is 0 Å². The van der Waals surface area contributed by atoms with Crippen LogP contribution >= 0.6 is 11.6 Å². The molecule has 2 bridgehead atoms. The van der Waals surface area contributed by atoms with E-state index in [-0.39, 0.29) is 40.8 Å². The molecule has 1 saturated heterocycles. The number of fused-ring (bicyclic) bond motifs is 5. The van der Waals surface area contributed by atoms with E-state index in [4.69, 9.17) is 11.6 Å². The number of imide groups is 1. The van der Waals surface area contributed by atoms with Crippen molar-refractivity contribution in [3.8, 4) is 0 Å². The van der Waals surface area contributed by atoms with Crippen LogP contribution in [0.25, 0.3) is 0 Å². The molecule has 0 spiro atoms. The summed E-state index contributed by atoms with van der Waals surface area (Å²) in [6, 6.07) is 10.3. The maximum absolute atomic E-state index is 13.4. The highest BCUT2D eigenvalue weighted by Gasteiger charge is 2.62. The number of amides is 3. The number of carbonyl (C=O) groups excluding carboxylic acids is 3. The number of hydrogen-bond acceptors (Lipinski definition) is 3. The molecule has 2 aliphatic carbocycles. The Labute approximate surface area is 199 Å². The van der Waals surface area contributed by atoms with Crippen molar-refractivity contribution in [1.29, 1.82) is 0 Å². The fourth-order valence-electron chi connectivity index (χ4n) is 5.89. The molecule has 2 aromatic carbocycles. The van der Waals surface area contributed by atoms with Crippen molar-refractivity contribution < 1.29 is 27.6 Å². The third kappa shape index (κ3) is 3.87. The largest absolute Gasteiger partial charge is 0.416 e. The molecule has 5 atom stereocenters. The van der Waals surface area contributed by atoms with Gasteiger partial charge < -0.3 is 5.32 Å². The van der Waals surface area contributed by atoms with Crippen LogP contribution in [0.15, 0.2) is 48.5 Å². The van der Waals surface area contributed by atoms with Crippen LogP contribution in [0.5, 0.6) is 0 Å². The van der Waals surface area contributed by atoms with Crippen LogP contribution in [-0.4, -0.2) is 28.7 Å². The molecule has 178 valence electrons. The van der Waals surface area contributed by atoms with Crippen molar-refractivity contribution in [3.63, 3.8) is 0 Å². The highest BCUT2D eigenvalue weighted by atomic mass is 35.5. The van der Waals surface area contributed by atoms with Gasteiger partial charge in [0.25, 0.3) is 0 Å². The smallest absolute Gasteiger partial charge is 0.323 e. The van der Waals surface area contributed by atoms with E-state index >= 15 is 0 Å². The average Bonchev–Trinajstić information content (AvgIpc) is 3.47. The first-order chi connectivity index (χ1) is 16.1. The lowest BCUT2D eigenvalue weighted by Crippen LogP contribution is -2.49. The molecular weight excluding hydrogens is 469 g/mol. The van der Waals surface area contributed by atoms with E-state index in [1.165, 1.54) is 0 Å². The van der Waals surface area contributed by atoms with Crippen molar-refractivity contribution in [2.75, 3.05) is 5.32 Å². The predicted octanol–water partition coefficient (Wildman–Crippen LogP) is 4.94. The van der Waals surface area contributed by atoms with Crippen LogP contribution in [0.1, 0.15) is 30.4 Å². The molecule has 2 aromatic rings. The highest BCUT2D eigenvalue weighted by molar-refractivity contribution is 6.33. The van der Waals surface area contributed by atoms with Crippen LogP contribution < -0.4 is 5.32 Å². The molecule has 3 aliphatic rings. The zero-order chi connectivity index (χ0) is 24.2. The Kier molecular flexibility index (Phi) is 5.67. The van der Waals surface area contributed by atoms with Crippen LogP contribution in [0.4, 0.5) is 18.9 Å². The lowest BCUT2D eigenvalue weighted by atomic mass is 9.81. The van der Waals surface area contributed by atoms with Gasteiger partial charge in [0.1, 0.15) is 6.04 Å². The summed E-state index contributed by atoms with van der Waals surface area (Å²) in [5.74, 6) is -1.98. The maximum atomic E-state index is 13.4. The molecule has 34 heavy (non-hydrogen) atoms. The van der Waals surface area contributed by atoms with E-state index in [0.29, 0.717) is 0 Å². The minimum atomic E-state index is -4.62. The first-order valence-electron chi connectivity index (χ1n) is 11.2. The number of halogens is 4. The van der Waals surface area contributed by atoms with Crippen molar-refractivity contribution >= 4 is 35.0 Å². The number of nitrogens with one attached hydrogen (secondary N) is 1.